The van der Waals surface area contributed by atoms with Gasteiger partial charge >= 0.3 is 56.9 Å². The van der Waals surface area contributed by atoms with Crippen LogP contribution in [0.4, 0.5) is 74.6 Å². The van der Waals surface area contributed by atoms with Crippen LogP contribution < -0.4 is 0 Å². The molecule has 0 aliphatic heterocycles. The van der Waals surface area contributed by atoms with Crippen LogP contribution in [0.25, 0.3) is 0 Å². The second-order valence-corrected chi connectivity index (χ2v) is 8.35. The van der Waals surface area contributed by atoms with Crippen molar-refractivity contribution in [2.75, 3.05) is 0 Å². The van der Waals surface area contributed by atoms with E-state index in [0.717, 1.165) is 0 Å². The fourth-order valence-electron chi connectivity index (χ4n) is 1.45. The van der Waals surface area contributed by atoms with Gasteiger partial charge in [0.1, 0.15) is 0 Å². The van der Waals surface area contributed by atoms with Crippen molar-refractivity contribution in [3.05, 3.63) is 0 Å². The molecule has 25 heteroatoms. The lowest BCUT2D eigenvalue weighted by Crippen LogP contribution is -2.75. The Kier molecular flexibility index (Phi) is 8.92. The molecule has 0 heterocycles. The fraction of sp³-hybridized carbons (Fsp3) is 1.00. The van der Waals surface area contributed by atoms with Crippen LogP contribution in [0, 0.1) is 0 Å². The average Bonchev–Trinajstić information content (AvgIpc) is 2.64. The largest absolute Gasteiger partial charge is 0.734 e. The van der Waals surface area contributed by atoms with Crippen LogP contribution >= 0.6 is 35.6 Å². The molecule has 0 atom stereocenters. The van der Waals surface area contributed by atoms with E-state index >= 15 is 0 Å². The van der Waals surface area contributed by atoms with Gasteiger partial charge in [-0.15, -0.1) is 0 Å². The Hall–Kier alpha value is -0.263. The summed E-state index contributed by atoms with van der Waals surface area (Å²) in [6, 6.07) is 0. The Bertz CT molecular complexity index is 688. The fourth-order valence-corrected chi connectivity index (χ4v) is 3.20. The zero-order valence-electron chi connectivity index (χ0n) is 13.7. The summed E-state index contributed by atoms with van der Waals surface area (Å²) >= 11 is 12.9. The van der Waals surface area contributed by atoms with E-state index in [0.29, 0.717) is 0 Å². The summed E-state index contributed by atoms with van der Waals surface area (Å²) in [5.41, 5.74) is 0. The first kappa shape index (κ1) is 32.7. The van der Waals surface area contributed by atoms with Crippen LogP contribution in [0.1, 0.15) is 0 Å². The molecule has 0 radical (unpaired) electrons. The standard InChI is InChI=1S/C8Cl3F17O4Si/c9-30-33(31-10,32-11)29-8(27,28)6(22,23)4(18,19)2(14,15)1(12,13)3(16,17)5(20,21)7(24,25)26. The van der Waals surface area contributed by atoms with Crippen molar-refractivity contribution in [1.29, 1.82) is 0 Å². The normalized spacial score (nSPS) is 16.4. The molecule has 0 saturated carbocycles. The molecular formula is C8Cl3F17O4Si. The SMILES string of the molecule is FC(F)(F)C(F)(F)C(F)(F)C(F)(F)C(F)(F)C(F)(F)C(F)(F)C(F)(F)O[Si](OCl)(OCl)OCl. The predicted molar refractivity (Wildman–Crippen MR) is 68.3 cm³/mol. The van der Waals surface area contributed by atoms with E-state index in [9.17, 15) is 74.6 Å². The summed E-state index contributed by atoms with van der Waals surface area (Å²) < 4.78 is 233. The first-order valence-electron chi connectivity index (χ1n) is 6.45. The van der Waals surface area contributed by atoms with Crippen molar-refractivity contribution < 1.29 is 91.0 Å². The molecule has 0 aromatic rings. The minimum Gasteiger partial charge on any atom is -0.283 e. The lowest BCUT2D eigenvalue weighted by Gasteiger charge is -2.42. The molecule has 0 amide bonds. The maximum Gasteiger partial charge on any atom is 0.734 e. The Balaban J connectivity index is 6.76. The third-order valence-corrected chi connectivity index (χ3v) is 6.00. The van der Waals surface area contributed by atoms with Gasteiger partial charge in [-0.2, -0.15) is 74.6 Å². The molecule has 0 bridgehead atoms. The van der Waals surface area contributed by atoms with Gasteiger partial charge in [0.05, 0.1) is 35.6 Å². The van der Waals surface area contributed by atoms with E-state index in [1.54, 1.807) is 0 Å². The molecule has 4 nitrogen and oxygen atoms in total. The van der Waals surface area contributed by atoms with Crippen LogP contribution in [-0.2, 0) is 16.4 Å². The molecule has 0 saturated heterocycles. The Labute approximate surface area is 184 Å². The van der Waals surface area contributed by atoms with E-state index in [1.165, 1.54) is 0 Å². The molecule has 0 aromatic heterocycles. The second kappa shape index (κ2) is 8.99. The highest BCUT2D eigenvalue weighted by Crippen LogP contribution is 2.64. The van der Waals surface area contributed by atoms with Crippen molar-refractivity contribution in [1.82, 2.24) is 0 Å². The van der Waals surface area contributed by atoms with Crippen molar-refractivity contribution in [3.63, 3.8) is 0 Å². The van der Waals surface area contributed by atoms with E-state index < -0.39 is 56.9 Å². The highest BCUT2D eigenvalue weighted by molar-refractivity contribution is 6.65. The molecule has 0 rings (SSSR count). The van der Waals surface area contributed by atoms with Crippen LogP contribution in [0.2, 0.25) is 0 Å². The maximum atomic E-state index is 13.5. The first-order chi connectivity index (χ1) is 14.1. The van der Waals surface area contributed by atoms with Crippen LogP contribution in [0.15, 0.2) is 0 Å². The number of hydrogen-bond acceptors (Lipinski definition) is 4. The number of alkyl halides is 17. The van der Waals surface area contributed by atoms with Crippen molar-refractivity contribution in [3.8, 4) is 0 Å². The summed E-state index contributed by atoms with van der Waals surface area (Å²) in [7, 11) is -6.35. The Morgan fingerprint density at radius 2 is 0.636 bits per heavy atom. The number of rotatable bonds is 11. The van der Waals surface area contributed by atoms with Gasteiger partial charge in [-0.25, -0.2) is 11.9 Å². The molecule has 0 aliphatic rings. The van der Waals surface area contributed by atoms with Gasteiger partial charge in [-0.05, 0) is 0 Å². The molecule has 0 N–H and O–H groups in total. The van der Waals surface area contributed by atoms with Gasteiger partial charge in [0.15, 0.2) is 0 Å². The average molecular weight is 617 g/mol. The molecular weight excluding hydrogens is 617 g/mol. The van der Waals surface area contributed by atoms with Gasteiger partial charge in [-0.1, -0.05) is 0 Å². The van der Waals surface area contributed by atoms with Crippen LogP contribution in [0.5, 0.6) is 0 Å². The molecule has 200 valence electrons. The zero-order valence-corrected chi connectivity index (χ0v) is 17.0. The van der Waals surface area contributed by atoms with Gasteiger partial charge in [0, 0.05) is 0 Å². The van der Waals surface area contributed by atoms with Crippen molar-refractivity contribution >= 4 is 44.6 Å². The van der Waals surface area contributed by atoms with Gasteiger partial charge < -0.3 is 0 Å². The maximum absolute atomic E-state index is 13.5. The van der Waals surface area contributed by atoms with E-state index in [2.05, 4.69) is 52.0 Å². The van der Waals surface area contributed by atoms with Crippen LogP contribution in [0.3, 0.4) is 0 Å². The molecule has 0 unspecified atom stereocenters. The Morgan fingerprint density at radius 3 is 0.879 bits per heavy atom. The van der Waals surface area contributed by atoms with Crippen molar-refractivity contribution in [2.24, 2.45) is 0 Å². The predicted octanol–water partition coefficient (Wildman–Crippen LogP) is 6.92. The number of hydrogen-bond donors (Lipinski definition) is 0. The highest BCUT2D eigenvalue weighted by atomic mass is 35.5. The third kappa shape index (κ3) is 4.64. The van der Waals surface area contributed by atoms with E-state index in [4.69, 9.17) is 0 Å². The summed E-state index contributed by atoms with van der Waals surface area (Å²) in [5.74, 6) is -51.3. The molecule has 0 aliphatic carbocycles. The Morgan fingerprint density at radius 1 is 0.394 bits per heavy atom. The lowest BCUT2D eigenvalue weighted by molar-refractivity contribution is -0.473. The molecule has 0 fully saturated rings. The summed E-state index contributed by atoms with van der Waals surface area (Å²) in [5, 5.41) is 0. The van der Waals surface area contributed by atoms with Gasteiger partial charge in [0.25, 0.3) is 0 Å². The smallest absolute Gasteiger partial charge is 0.283 e. The molecule has 33 heavy (non-hydrogen) atoms. The quantitative estimate of drug-likeness (QED) is 0.187. The zero-order chi connectivity index (χ0) is 27.3. The molecule has 0 spiro atoms. The van der Waals surface area contributed by atoms with Gasteiger partial charge in [-0.3, -0.25) is 4.43 Å². The van der Waals surface area contributed by atoms with Crippen LogP contribution in [-0.4, -0.2) is 56.9 Å². The summed E-state index contributed by atoms with van der Waals surface area (Å²) in [6.07, 6.45) is -15.2. The van der Waals surface area contributed by atoms with Crippen molar-refractivity contribution in [2.45, 2.75) is 47.8 Å². The summed E-state index contributed by atoms with van der Waals surface area (Å²) in [6.45, 7) is 0. The first-order valence-corrected chi connectivity index (χ1v) is 9.01. The topological polar surface area (TPSA) is 36.9 Å². The summed E-state index contributed by atoms with van der Waals surface area (Å²) in [4.78, 5) is 0. The minimum atomic E-state index is -8.80. The van der Waals surface area contributed by atoms with E-state index in [1.807, 2.05) is 0 Å². The molecule has 0 aromatic carbocycles. The highest BCUT2D eigenvalue weighted by Gasteiger charge is 2.96. The second-order valence-electron chi connectivity index (χ2n) is 5.29. The third-order valence-electron chi connectivity index (χ3n) is 3.23. The number of halogens is 20. The van der Waals surface area contributed by atoms with E-state index in [-0.39, 0.29) is 0 Å². The monoisotopic (exact) mass is 616 g/mol. The van der Waals surface area contributed by atoms with Gasteiger partial charge in [0.2, 0.25) is 0 Å². The lowest BCUT2D eigenvalue weighted by atomic mass is 9.91. The minimum absolute atomic E-state index is 2.56.